The summed E-state index contributed by atoms with van der Waals surface area (Å²) in [7, 11) is 1.47. The minimum absolute atomic E-state index is 0.246. The Balaban J connectivity index is 1.72. The molecule has 2 aromatic rings. The van der Waals surface area contributed by atoms with E-state index in [1.165, 1.54) is 7.11 Å². The van der Waals surface area contributed by atoms with Crippen LogP contribution in [0.5, 0.6) is 5.75 Å². The zero-order chi connectivity index (χ0) is 18.5. The fraction of sp³-hybridized carbons (Fsp3) is 0.0556. The lowest BCUT2D eigenvalue weighted by Crippen LogP contribution is -2.44. The maximum Gasteiger partial charge on any atom is 0.285 e. The van der Waals surface area contributed by atoms with Crippen molar-refractivity contribution in [3.05, 3.63) is 71.0 Å². The van der Waals surface area contributed by atoms with E-state index < -0.39 is 11.8 Å². The number of furan rings is 1. The minimum atomic E-state index is -0.480. The van der Waals surface area contributed by atoms with E-state index in [4.69, 9.17) is 21.4 Å². The fourth-order valence-electron chi connectivity index (χ4n) is 2.19. The molecular formula is C18H14N2O4S2. The molecule has 1 fully saturated rings. The molecule has 3 rings (SSSR count). The van der Waals surface area contributed by atoms with Crippen LogP contribution in [0.4, 0.5) is 0 Å². The van der Waals surface area contributed by atoms with Crippen molar-refractivity contribution in [2.24, 2.45) is 0 Å². The van der Waals surface area contributed by atoms with Crippen molar-refractivity contribution in [1.29, 1.82) is 0 Å². The summed E-state index contributed by atoms with van der Waals surface area (Å²) in [5.74, 6) is 0.201. The van der Waals surface area contributed by atoms with E-state index in [1.54, 1.807) is 60.9 Å². The molecule has 0 bridgehead atoms. The SMILES string of the molecule is COc1ccccc1C(=O)NN1C(=O)C(=CC=Cc2ccco2)SC1=S. The number of nitrogens with zero attached hydrogens (tertiary/aromatic N) is 1. The standard InChI is InChI=1S/C18H14N2O4S2/c1-23-14-9-3-2-8-13(14)16(21)19-20-17(22)15(26-18(20)25)10-4-6-12-7-5-11-24-12/h2-11H,1H3,(H,19,21). The molecular weight excluding hydrogens is 372 g/mol. The van der Waals surface area contributed by atoms with Gasteiger partial charge in [-0.3, -0.25) is 15.0 Å². The molecule has 0 saturated carbocycles. The summed E-state index contributed by atoms with van der Waals surface area (Å²) in [5, 5.41) is 1.06. The van der Waals surface area contributed by atoms with Gasteiger partial charge >= 0.3 is 0 Å². The molecule has 132 valence electrons. The van der Waals surface area contributed by atoms with Gasteiger partial charge in [-0.1, -0.05) is 30.0 Å². The fourth-order valence-corrected chi connectivity index (χ4v) is 3.32. The van der Waals surface area contributed by atoms with Gasteiger partial charge in [-0.15, -0.1) is 0 Å². The third kappa shape index (κ3) is 3.87. The van der Waals surface area contributed by atoms with Crippen molar-refractivity contribution in [1.82, 2.24) is 10.4 Å². The van der Waals surface area contributed by atoms with Crippen LogP contribution in [0, 0.1) is 0 Å². The minimum Gasteiger partial charge on any atom is -0.496 e. The highest BCUT2D eigenvalue weighted by atomic mass is 32.2. The molecule has 1 aliphatic heterocycles. The van der Waals surface area contributed by atoms with Crippen molar-refractivity contribution in [2.75, 3.05) is 7.11 Å². The molecule has 1 aromatic carbocycles. The quantitative estimate of drug-likeness (QED) is 0.627. The number of thiocarbonyl (C=S) groups is 1. The number of para-hydroxylation sites is 1. The monoisotopic (exact) mass is 386 g/mol. The summed E-state index contributed by atoms with van der Waals surface area (Å²) >= 11 is 6.30. The molecule has 2 heterocycles. The maximum atomic E-state index is 12.5. The van der Waals surface area contributed by atoms with Crippen molar-refractivity contribution >= 4 is 46.2 Å². The van der Waals surface area contributed by atoms with Gasteiger partial charge in [-0.05, 0) is 48.6 Å². The van der Waals surface area contributed by atoms with Crippen LogP contribution in [-0.4, -0.2) is 28.3 Å². The van der Waals surface area contributed by atoms with E-state index in [9.17, 15) is 9.59 Å². The first-order valence-electron chi connectivity index (χ1n) is 7.52. The molecule has 0 aliphatic carbocycles. The van der Waals surface area contributed by atoms with Crippen LogP contribution in [0.25, 0.3) is 6.08 Å². The molecule has 1 saturated heterocycles. The number of nitrogens with one attached hydrogen (secondary N) is 1. The lowest BCUT2D eigenvalue weighted by molar-refractivity contribution is -0.123. The Kier molecular flexibility index (Phi) is 5.55. The lowest BCUT2D eigenvalue weighted by Gasteiger charge is -2.16. The number of benzene rings is 1. The molecule has 0 spiro atoms. The van der Waals surface area contributed by atoms with Gasteiger partial charge in [-0.25, -0.2) is 0 Å². The first-order valence-corrected chi connectivity index (χ1v) is 8.75. The van der Waals surface area contributed by atoms with Gasteiger partial charge in [0.2, 0.25) is 0 Å². The summed E-state index contributed by atoms with van der Waals surface area (Å²) in [4.78, 5) is 25.3. The second-order valence-corrected chi connectivity index (χ2v) is 6.73. The second kappa shape index (κ2) is 8.03. The van der Waals surface area contributed by atoms with Gasteiger partial charge in [0.25, 0.3) is 11.8 Å². The predicted octanol–water partition coefficient (Wildman–Crippen LogP) is 3.39. The number of hydrogen-bond acceptors (Lipinski definition) is 6. The highest BCUT2D eigenvalue weighted by molar-refractivity contribution is 8.26. The summed E-state index contributed by atoms with van der Waals surface area (Å²) in [6, 6.07) is 10.3. The molecule has 1 aromatic heterocycles. The van der Waals surface area contributed by atoms with Crippen LogP contribution in [-0.2, 0) is 4.79 Å². The molecule has 0 unspecified atom stereocenters. The number of thioether (sulfide) groups is 1. The number of allylic oxidation sites excluding steroid dienone is 2. The van der Waals surface area contributed by atoms with Crippen LogP contribution >= 0.6 is 24.0 Å². The Bertz CT molecular complexity index is 904. The number of hydrogen-bond donors (Lipinski definition) is 1. The first kappa shape index (κ1) is 18.0. The van der Waals surface area contributed by atoms with Crippen LogP contribution < -0.4 is 10.2 Å². The molecule has 0 atom stereocenters. The molecule has 6 nitrogen and oxygen atoms in total. The Hall–Kier alpha value is -2.84. The van der Waals surface area contributed by atoms with E-state index >= 15 is 0 Å². The Labute approximate surface area is 159 Å². The number of amides is 2. The second-order valence-electron chi connectivity index (χ2n) is 5.06. The van der Waals surface area contributed by atoms with Crippen LogP contribution in [0.15, 0.2) is 64.1 Å². The lowest BCUT2D eigenvalue weighted by atomic mass is 10.2. The van der Waals surface area contributed by atoms with E-state index in [0.717, 1.165) is 16.8 Å². The van der Waals surface area contributed by atoms with E-state index in [0.29, 0.717) is 22.0 Å². The van der Waals surface area contributed by atoms with Gasteiger partial charge in [0, 0.05) is 0 Å². The molecule has 1 N–H and O–H groups in total. The number of methoxy groups -OCH3 is 1. The summed E-state index contributed by atoms with van der Waals surface area (Å²) in [6.45, 7) is 0. The average Bonchev–Trinajstić information content (AvgIpc) is 3.25. The third-order valence-electron chi connectivity index (χ3n) is 3.41. The summed E-state index contributed by atoms with van der Waals surface area (Å²) in [6.07, 6.45) is 6.59. The van der Waals surface area contributed by atoms with Crippen molar-refractivity contribution < 1.29 is 18.7 Å². The number of ether oxygens (including phenoxy) is 1. The van der Waals surface area contributed by atoms with Crippen LogP contribution in [0.3, 0.4) is 0 Å². The zero-order valence-electron chi connectivity index (χ0n) is 13.7. The summed E-state index contributed by atoms with van der Waals surface area (Å²) in [5.41, 5.74) is 2.83. The van der Waals surface area contributed by atoms with E-state index in [2.05, 4.69) is 5.43 Å². The third-order valence-corrected chi connectivity index (χ3v) is 4.73. The molecule has 0 radical (unpaired) electrons. The van der Waals surface area contributed by atoms with Gasteiger partial charge in [-0.2, -0.15) is 5.01 Å². The Morgan fingerprint density at radius 3 is 2.85 bits per heavy atom. The predicted molar refractivity (Wildman–Crippen MR) is 103 cm³/mol. The van der Waals surface area contributed by atoms with Gasteiger partial charge in [0.1, 0.15) is 11.5 Å². The number of hydrazine groups is 1. The average molecular weight is 386 g/mol. The van der Waals surface area contributed by atoms with Gasteiger partial charge < -0.3 is 9.15 Å². The number of carbonyl (C=O) groups excluding carboxylic acids is 2. The molecule has 2 amide bonds. The maximum absolute atomic E-state index is 12.5. The normalized spacial score (nSPS) is 15.9. The molecule has 26 heavy (non-hydrogen) atoms. The van der Waals surface area contributed by atoms with Gasteiger partial charge in [0.15, 0.2) is 4.32 Å². The van der Waals surface area contributed by atoms with Crippen molar-refractivity contribution in [2.45, 2.75) is 0 Å². The van der Waals surface area contributed by atoms with E-state index in [-0.39, 0.29) is 4.32 Å². The van der Waals surface area contributed by atoms with Crippen molar-refractivity contribution in [3.8, 4) is 5.75 Å². The molecule has 1 aliphatic rings. The Morgan fingerprint density at radius 1 is 1.31 bits per heavy atom. The highest BCUT2D eigenvalue weighted by Crippen LogP contribution is 2.30. The largest absolute Gasteiger partial charge is 0.496 e. The van der Waals surface area contributed by atoms with E-state index in [1.807, 2.05) is 0 Å². The highest BCUT2D eigenvalue weighted by Gasteiger charge is 2.33. The first-order chi connectivity index (χ1) is 12.6. The van der Waals surface area contributed by atoms with Crippen molar-refractivity contribution in [3.63, 3.8) is 0 Å². The smallest absolute Gasteiger partial charge is 0.285 e. The number of rotatable bonds is 5. The summed E-state index contributed by atoms with van der Waals surface area (Å²) < 4.78 is 10.6. The van der Waals surface area contributed by atoms with Crippen LogP contribution in [0.1, 0.15) is 16.1 Å². The van der Waals surface area contributed by atoms with Gasteiger partial charge in [0.05, 0.1) is 23.8 Å². The number of carbonyl (C=O) groups is 2. The Morgan fingerprint density at radius 2 is 2.12 bits per heavy atom. The topological polar surface area (TPSA) is 71.8 Å². The van der Waals surface area contributed by atoms with Crippen LogP contribution in [0.2, 0.25) is 0 Å². The zero-order valence-corrected chi connectivity index (χ0v) is 15.3. The molecule has 8 heteroatoms.